The van der Waals surface area contributed by atoms with E-state index in [1.807, 2.05) is 18.2 Å². The van der Waals surface area contributed by atoms with Gasteiger partial charge in [0.25, 0.3) is 0 Å². The van der Waals surface area contributed by atoms with Crippen LogP contribution in [0.25, 0.3) is 10.8 Å². The number of carbonyl (C=O) groups excluding carboxylic acids is 1. The number of carbonyl (C=O) groups is 2. The highest BCUT2D eigenvalue weighted by molar-refractivity contribution is 7.89. The van der Waals surface area contributed by atoms with Gasteiger partial charge in [-0.3, -0.25) is 4.79 Å². The van der Waals surface area contributed by atoms with Crippen LogP contribution in [-0.4, -0.2) is 41.4 Å². The molecule has 0 saturated heterocycles. The summed E-state index contributed by atoms with van der Waals surface area (Å²) in [7, 11) is -5.48. The van der Waals surface area contributed by atoms with Crippen molar-refractivity contribution in [2.24, 2.45) is 0 Å². The first-order chi connectivity index (χ1) is 22.7. The molecule has 48 heavy (non-hydrogen) atoms. The van der Waals surface area contributed by atoms with Crippen molar-refractivity contribution < 1.29 is 45.8 Å². The molecule has 8 nitrogen and oxygen atoms in total. The van der Waals surface area contributed by atoms with E-state index in [4.69, 9.17) is 11.6 Å². The molecule has 0 saturated carbocycles. The highest BCUT2D eigenvalue weighted by Gasteiger charge is 2.38. The van der Waals surface area contributed by atoms with E-state index in [0.29, 0.717) is 9.87 Å². The van der Waals surface area contributed by atoms with E-state index < -0.39 is 80.0 Å². The number of carboxylic acid groups (broad SMARTS) is 1. The maximum Gasteiger partial charge on any atom is 0.339 e. The standard InChI is InChI=1S/C34H25ClF4N2O6S/c1-19-29(36)31(38)33(32(39)30(19)37)48(46,47)40(16-20-7-10-24(35)11-8-20)18-28(43)41(25-12-13-26(34(44)45)27(42)15-25)17-21-6-9-22-4-2-3-5-23(22)14-21/h2-15,42H,16-18H2,1H3,(H,44,45). The number of carboxylic acids is 1. The lowest BCUT2D eigenvalue weighted by Gasteiger charge is -2.28. The molecular weight excluding hydrogens is 676 g/mol. The molecule has 248 valence electrons. The van der Waals surface area contributed by atoms with E-state index >= 15 is 8.78 Å². The molecule has 5 aromatic carbocycles. The van der Waals surface area contributed by atoms with Crippen LogP contribution in [0.4, 0.5) is 23.2 Å². The third-order valence-corrected chi connectivity index (χ3v) is 9.67. The molecule has 2 N–H and O–H groups in total. The number of sulfonamides is 1. The first kappa shape index (κ1) is 34.4. The smallest absolute Gasteiger partial charge is 0.339 e. The summed E-state index contributed by atoms with van der Waals surface area (Å²) in [5.41, 5.74) is -0.859. The molecule has 14 heteroatoms. The zero-order chi connectivity index (χ0) is 34.9. The SMILES string of the molecule is Cc1c(F)c(F)c(S(=O)(=O)N(CC(=O)N(Cc2ccc3ccccc3c2)c2ccc(C(=O)O)c(O)c2)Cc2ccc(Cl)cc2)c(F)c1F. The van der Waals surface area contributed by atoms with Crippen LogP contribution in [0.15, 0.2) is 89.8 Å². The minimum absolute atomic E-state index is 0.0516. The van der Waals surface area contributed by atoms with Gasteiger partial charge in [-0.05, 0) is 59.2 Å². The molecule has 1 amide bonds. The second kappa shape index (κ2) is 13.6. The van der Waals surface area contributed by atoms with Crippen molar-refractivity contribution in [2.75, 3.05) is 11.4 Å². The Hall–Kier alpha value is -4.98. The number of fused-ring (bicyclic) bond motifs is 1. The number of nitrogens with zero attached hydrogens (tertiary/aromatic N) is 2. The van der Waals surface area contributed by atoms with Crippen molar-refractivity contribution in [1.82, 2.24) is 4.31 Å². The van der Waals surface area contributed by atoms with Gasteiger partial charge >= 0.3 is 5.97 Å². The number of anilines is 1. The highest BCUT2D eigenvalue weighted by Crippen LogP contribution is 2.32. The average molecular weight is 701 g/mol. The number of hydrogen-bond donors (Lipinski definition) is 2. The summed E-state index contributed by atoms with van der Waals surface area (Å²) in [4.78, 5) is 24.7. The van der Waals surface area contributed by atoms with Crippen molar-refractivity contribution in [1.29, 1.82) is 0 Å². The first-order valence-electron chi connectivity index (χ1n) is 14.1. The maximum atomic E-state index is 15.1. The minimum atomic E-state index is -5.48. The van der Waals surface area contributed by atoms with E-state index in [0.717, 1.165) is 34.7 Å². The molecule has 0 unspecified atom stereocenters. The molecule has 0 aliphatic rings. The molecule has 0 heterocycles. The molecule has 0 bridgehead atoms. The summed E-state index contributed by atoms with van der Waals surface area (Å²) in [6.07, 6.45) is 0. The Morgan fingerprint density at radius 1 is 0.771 bits per heavy atom. The van der Waals surface area contributed by atoms with E-state index in [1.54, 1.807) is 24.3 Å². The van der Waals surface area contributed by atoms with Gasteiger partial charge in [-0.1, -0.05) is 60.1 Å². The molecule has 0 aromatic heterocycles. The molecule has 0 aliphatic carbocycles. The zero-order valence-electron chi connectivity index (χ0n) is 24.9. The van der Waals surface area contributed by atoms with Gasteiger partial charge in [-0.2, -0.15) is 4.31 Å². The fourth-order valence-corrected chi connectivity index (χ4v) is 6.66. The number of aromatic hydroxyl groups is 1. The quantitative estimate of drug-likeness (QED) is 0.118. The second-order valence-electron chi connectivity index (χ2n) is 10.8. The number of amides is 1. The number of phenols is 1. The van der Waals surface area contributed by atoms with Gasteiger partial charge in [-0.15, -0.1) is 0 Å². The van der Waals surface area contributed by atoms with Crippen molar-refractivity contribution in [3.05, 3.63) is 135 Å². The van der Waals surface area contributed by atoms with Gasteiger partial charge in [0, 0.05) is 28.9 Å². The van der Waals surface area contributed by atoms with Crippen molar-refractivity contribution in [3.8, 4) is 5.75 Å². The van der Waals surface area contributed by atoms with Crippen LogP contribution in [0.2, 0.25) is 5.02 Å². The summed E-state index contributed by atoms with van der Waals surface area (Å²) in [5, 5.41) is 21.8. The number of hydrogen-bond acceptors (Lipinski definition) is 5. The van der Waals surface area contributed by atoms with Gasteiger partial charge in [0.05, 0.1) is 13.1 Å². The van der Waals surface area contributed by atoms with E-state index in [2.05, 4.69) is 0 Å². The molecule has 0 atom stereocenters. The zero-order valence-corrected chi connectivity index (χ0v) is 26.5. The number of halogens is 5. The van der Waals surface area contributed by atoms with E-state index in [-0.39, 0.29) is 22.8 Å². The van der Waals surface area contributed by atoms with Crippen LogP contribution < -0.4 is 4.90 Å². The normalized spacial score (nSPS) is 11.6. The van der Waals surface area contributed by atoms with Crippen molar-refractivity contribution in [2.45, 2.75) is 24.9 Å². The van der Waals surface area contributed by atoms with Crippen LogP contribution in [-0.2, 0) is 27.9 Å². The molecule has 0 fully saturated rings. The van der Waals surface area contributed by atoms with Crippen LogP contribution in [0, 0.1) is 30.2 Å². The van der Waals surface area contributed by atoms with Crippen LogP contribution >= 0.6 is 11.6 Å². The topological polar surface area (TPSA) is 115 Å². The molecule has 0 radical (unpaired) electrons. The third-order valence-electron chi connectivity index (χ3n) is 7.60. The molecule has 0 aliphatic heterocycles. The van der Waals surface area contributed by atoms with Crippen LogP contribution in [0.5, 0.6) is 5.75 Å². The Balaban J connectivity index is 1.61. The number of benzene rings is 5. The van der Waals surface area contributed by atoms with Crippen LogP contribution in [0.3, 0.4) is 0 Å². The molecule has 0 spiro atoms. The van der Waals surface area contributed by atoms with Crippen molar-refractivity contribution in [3.63, 3.8) is 0 Å². The van der Waals surface area contributed by atoms with Gasteiger partial charge in [0.2, 0.25) is 15.9 Å². The largest absolute Gasteiger partial charge is 0.507 e. The fraction of sp³-hybridized carbons (Fsp3) is 0.118. The predicted molar refractivity (Wildman–Crippen MR) is 170 cm³/mol. The molecule has 5 rings (SSSR count). The maximum absolute atomic E-state index is 15.1. The summed E-state index contributed by atoms with van der Waals surface area (Å²) < 4.78 is 87.4. The Kier molecular flexibility index (Phi) is 9.76. The summed E-state index contributed by atoms with van der Waals surface area (Å²) in [6, 6.07) is 21.3. The predicted octanol–water partition coefficient (Wildman–Crippen LogP) is 7.19. The van der Waals surface area contributed by atoms with Crippen molar-refractivity contribution >= 4 is 50.0 Å². The average Bonchev–Trinajstić information content (AvgIpc) is 3.05. The fourth-order valence-electron chi connectivity index (χ4n) is 5.04. The first-order valence-corrected chi connectivity index (χ1v) is 15.9. The highest BCUT2D eigenvalue weighted by atomic mass is 35.5. The van der Waals surface area contributed by atoms with E-state index in [1.165, 1.54) is 30.3 Å². The van der Waals surface area contributed by atoms with E-state index in [9.17, 15) is 37.0 Å². The van der Waals surface area contributed by atoms with Gasteiger partial charge in [-0.25, -0.2) is 30.8 Å². The van der Waals surface area contributed by atoms with Gasteiger partial charge < -0.3 is 15.1 Å². The summed E-state index contributed by atoms with van der Waals surface area (Å²) >= 11 is 5.94. The third kappa shape index (κ3) is 6.84. The van der Waals surface area contributed by atoms with Gasteiger partial charge in [0.1, 0.15) is 11.3 Å². The minimum Gasteiger partial charge on any atom is -0.507 e. The van der Waals surface area contributed by atoms with Gasteiger partial charge in [0.15, 0.2) is 28.2 Å². The Morgan fingerprint density at radius 2 is 1.38 bits per heavy atom. The molecular formula is C34H25ClF4N2O6S. The summed E-state index contributed by atoms with van der Waals surface area (Å²) in [5.74, 6) is -11.3. The van der Waals surface area contributed by atoms with Crippen LogP contribution in [0.1, 0.15) is 27.0 Å². The Bertz CT molecular complexity index is 2150. The second-order valence-corrected chi connectivity index (χ2v) is 13.1. The number of rotatable bonds is 10. The number of aromatic carboxylic acids is 1. The lowest BCUT2D eigenvalue weighted by Crippen LogP contribution is -2.43. The lowest BCUT2D eigenvalue weighted by atomic mass is 10.1. The molecule has 5 aromatic rings. The lowest BCUT2D eigenvalue weighted by molar-refractivity contribution is -0.119. The Labute approximate surface area is 277 Å². The monoisotopic (exact) mass is 700 g/mol. The Morgan fingerprint density at radius 3 is 1.98 bits per heavy atom. The summed E-state index contributed by atoms with van der Waals surface area (Å²) in [6.45, 7) is -1.30.